The third-order valence-electron chi connectivity index (χ3n) is 1.23. The second kappa shape index (κ2) is 3.34. The highest BCUT2D eigenvalue weighted by Gasteiger charge is 2.14. The van der Waals surface area contributed by atoms with E-state index in [1.165, 1.54) is 12.3 Å². The molecule has 1 N–H and O–H groups in total. The number of nitrogens with one attached hydrogen (secondary N) is 1. The van der Waals surface area contributed by atoms with Crippen molar-refractivity contribution in [2.45, 2.75) is 0 Å². The van der Waals surface area contributed by atoms with Gasteiger partial charge in [0.2, 0.25) is 11.6 Å². The molecule has 0 aromatic carbocycles. The SMILES string of the molecule is O=C(CCl)C(=O)c1cc[nH]c1. The van der Waals surface area contributed by atoms with Crippen LogP contribution in [0.15, 0.2) is 18.5 Å². The van der Waals surface area contributed by atoms with Crippen LogP contribution in [0.1, 0.15) is 10.4 Å². The van der Waals surface area contributed by atoms with Gasteiger partial charge in [-0.1, -0.05) is 0 Å². The number of rotatable bonds is 3. The molecule has 0 bridgehead atoms. The summed E-state index contributed by atoms with van der Waals surface area (Å²) in [5.41, 5.74) is 0.357. The van der Waals surface area contributed by atoms with Crippen LogP contribution in [0, 0.1) is 0 Å². The molecular weight excluding hydrogens is 166 g/mol. The van der Waals surface area contributed by atoms with Crippen molar-refractivity contribution in [2.75, 3.05) is 5.88 Å². The number of halogens is 1. The Morgan fingerprint density at radius 3 is 2.73 bits per heavy atom. The standard InChI is InChI=1S/C7H6ClNO2/c8-3-6(10)7(11)5-1-2-9-4-5/h1-2,4,9H,3H2. The van der Waals surface area contributed by atoms with Crippen molar-refractivity contribution < 1.29 is 9.59 Å². The Morgan fingerprint density at radius 2 is 2.27 bits per heavy atom. The summed E-state index contributed by atoms with van der Waals surface area (Å²) >= 11 is 5.18. The van der Waals surface area contributed by atoms with E-state index in [4.69, 9.17) is 11.6 Å². The Kier molecular flexibility index (Phi) is 2.44. The molecule has 1 heterocycles. The first kappa shape index (κ1) is 8.01. The van der Waals surface area contributed by atoms with Crippen molar-refractivity contribution in [3.05, 3.63) is 24.0 Å². The molecule has 1 rings (SSSR count). The lowest BCUT2D eigenvalue weighted by Gasteiger charge is -1.89. The summed E-state index contributed by atoms with van der Waals surface area (Å²) in [5.74, 6) is -1.38. The Bertz CT molecular complexity index is 266. The third kappa shape index (κ3) is 1.68. The number of carbonyl (C=O) groups is 2. The van der Waals surface area contributed by atoms with Gasteiger partial charge in [-0.05, 0) is 6.07 Å². The van der Waals surface area contributed by atoms with E-state index >= 15 is 0 Å². The van der Waals surface area contributed by atoms with Gasteiger partial charge in [0.1, 0.15) is 0 Å². The summed E-state index contributed by atoms with van der Waals surface area (Å²) in [7, 11) is 0. The molecule has 1 aromatic heterocycles. The van der Waals surface area contributed by atoms with E-state index in [-0.39, 0.29) is 5.88 Å². The van der Waals surface area contributed by atoms with Crippen molar-refractivity contribution in [1.82, 2.24) is 4.98 Å². The number of alkyl halides is 1. The molecule has 0 spiro atoms. The maximum absolute atomic E-state index is 11.0. The third-order valence-corrected chi connectivity index (χ3v) is 1.48. The van der Waals surface area contributed by atoms with E-state index in [9.17, 15) is 9.59 Å². The fourth-order valence-corrected chi connectivity index (χ4v) is 0.808. The van der Waals surface area contributed by atoms with Gasteiger partial charge >= 0.3 is 0 Å². The smallest absolute Gasteiger partial charge is 0.231 e. The lowest BCUT2D eigenvalue weighted by molar-refractivity contribution is -0.112. The Balaban J connectivity index is 2.79. The molecular formula is C7H6ClNO2. The van der Waals surface area contributed by atoms with Gasteiger partial charge in [0.05, 0.1) is 5.88 Å². The fraction of sp³-hybridized carbons (Fsp3) is 0.143. The zero-order chi connectivity index (χ0) is 8.27. The van der Waals surface area contributed by atoms with Gasteiger partial charge in [0.25, 0.3) is 0 Å². The fourth-order valence-electron chi connectivity index (χ4n) is 0.687. The van der Waals surface area contributed by atoms with Crippen molar-refractivity contribution in [1.29, 1.82) is 0 Å². The summed E-state index contributed by atoms with van der Waals surface area (Å²) in [6.07, 6.45) is 3.04. The predicted octanol–water partition coefficient (Wildman–Crippen LogP) is 1.01. The van der Waals surface area contributed by atoms with Crippen LogP contribution in [-0.4, -0.2) is 22.4 Å². The molecule has 0 aliphatic rings. The molecule has 0 atom stereocenters. The van der Waals surface area contributed by atoms with Crippen molar-refractivity contribution in [3.8, 4) is 0 Å². The van der Waals surface area contributed by atoms with Crippen LogP contribution in [0.25, 0.3) is 0 Å². The van der Waals surface area contributed by atoms with E-state index in [0.29, 0.717) is 5.56 Å². The number of Topliss-reactive ketones (excluding diaryl/α,β-unsaturated/α-hetero) is 2. The van der Waals surface area contributed by atoms with E-state index in [0.717, 1.165) is 0 Å². The van der Waals surface area contributed by atoms with Gasteiger partial charge in [-0.25, -0.2) is 0 Å². The second-order valence-corrected chi connectivity index (χ2v) is 2.25. The van der Waals surface area contributed by atoms with E-state index in [1.54, 1.807) is 6.20 Å². The average Bonchev–Trinajstić information content (AvgIpc) is 2.53. The monoisotopic (exact) mass is 171 g/mol. The van der Waals surface area contributed by atoms with Gasteiger partial charge < -0.3 is 4.98 Å². The van der Waals surface area contributed by atoms with Gasteiger partial charge in [-0.15, -0.1) is 11.6 Å². The largest absolute Gasteiger partial charge is 0.367 e. The Hall–Kier alpha value is -1.09. The van der Waals surface area contributed by atoms with Crippen molar-refractivity contribution in [2.24, 2.45) is 0 Å². The van der Waals surface area contributed by atoms with Crippen LogP contribution < -0.4 is 0 Å². The number of hydrogen-bond acceptors (Lipinski definition) is 2. The van der Waals surface area contributed by atoms with Crippen LogP contribution in [0.3, 0.4) is 0 Å². The molecule has 58 valence electrons. The van der Waals surface area contributed by atoms with Gasteiger partial charge in [0.15, 0.2) is 0 Å². The lowest BCUT2D eigenvalue weighted by atomic mass is 10.2. The molecule has 1 aromatic rings. The second-order valence-electron chi connectivity index (χ2n) is 1.99. The summed E-state index contributed by atoms with van der Waals surface area (Å²) in [6, 6.07) is 1.53. The summed E-state index contributed by atoms with van der Waals surface area (Å²) < 4.78 is 0. The van der Waals surface area contributed by atoms with Gasteiger partial charge in [0, 0.05) is 18.0 Å². The molecule has 0 saturated carbocycles. The van der Waals surface area contributed by atoms with Crippen molar-refractivity contribution in [3.63, 3.8) is 0 Å². The molecule has 0 radical (unpaired) electrons. The number of carbonyl (C=O) groups excluding carboxylic acids is 2. The average molecular weight is 172 g/mol. The molecule has 4 heteroatoms. The van der Waals surface area contributed by atoms with Gasteiger partial charge in [-0.3, -0.25) is 9.59 Å². The number of aromatic amines is 1. The first-order valence-corrected chi connectivity index (χ1v) is 3.55. The zero-order valence-corrected chi connectivity index (χ0v) is 6.39. The molecule has 0 amide bonds. The number of aromatic nitrogens is 1. The molecule has 3 nitrogen and oxygen atoms in total. The molecule has 0 saturated heterocycles. The topological polar surface area (TPSA) is 49.9 Å². The Morgan fingerprint density at radius 1 is 1.55 bits per heavy atom. The quantitative estimate of drug-likeness (QED) is 0.419. The minimum Gasteiger partial charge on any atom is -0.367 e. The number of H-pyrrole nitrogens is 1. The highest BCUT2D eigenvalue weighted by atomic mass is 35.5. The summed E-state index contributed by atoms with van der Waals surface area (Å²) in [6.45, 7) is 0. The summed E-state index contributed by atoms with van der Waals surface area (Å²) in [5, 5.41) is 0. The zero-order valence-electron chi connectivity index (χ0n) is 5.63. The first-order valence-electron chi connectivity index (χ1n) is 3.02. The molecule has 0 aliphatic heterocycles. The van der Waals surface area contributed by atoms with Gasteiger partial charge in [-0.2, -0.15) is 0 Å². The van der Waals surface area contributed by atoms with Crippen LogP contribution in [0.4, 0.5) is 0 Å². The van der Waals surface area contributed by atoms with E-state index < -0.39 is 11.6 Å². The van der Waals surface area contributed by atoms with E-state index in [2.05, 4.69) is 4.98 Å². The van der Waals surface area contributed by atoms with Crippen LogP contribution in [0.5, 0.6) is 0 Å². The molecule has 0 unspecified atom stereocenters. The van der Waals surface area contributed by atoms with Crippen LogP contribution in [-0.2, 0) is 4.79 Å². The lowest BCUT2D eigenvalue weighted by Crippen LogP contribution is -2.14. The number of hydrogen-bond donors (Lipinski definition) is 1. The Labute approximate surface area is 68.4 Å². The predicted molar refractivity (Wildman–Crippen MR) is 40.9 cm³/mol. The minimum absolute atomic E-state index is 0.260. The minimum atomic E-state index is -0.578. The molecule has 0 aliphatic carbocycles. The first-order chi connectivity index (χ1) is 5.25. The van der Waals surface area contributed by atoms with Crippen molar-refractivity contribution >= 4 is 23.2 Å². The summed E-state index contributed by atoms with van der Waals surface area (Å²) in [4.78, 5) is 24.4. The van der Waals surface area contributed by atoms with Crippen LogP contribution in [0.2, 0.25) is 0 Å². The van der Waals surface area contributed by atoms with Crippen LogP contribution >= 0.6 is 11.6 Å². The maximum atomic E-state index is 11.0. The highest BCUT2D eigenvalue weighted by molar-refractivity contribution is 6.51. The molecule has 0 fully saturated rings. The maximum Gasteiger partial charge on any atom is 0.231 e. The normalized spacial score (nSPS) is 9.55. The number of ketones is 2. The van der Waals surface area contributed by atoms with E-state index in [1.807, 2.05) is 0 Å². The molecule has 11 heavy (non-hydrogen) atoms. The highest BCUT2D eigenvalue weighted by Crippen LogP contribution is 1.99.